The van der Waals surface area contributed by atoms with Crippen molar-refractivity contribution in [1.82, 2.24) is 14.7 Å². The molecule has 1 atom stereocenters. The van der Waals surface area contributed by atoms with Crippen molar-refractivity contribution < 1.29 is 19.1 Å². The Balaban J connectivity index is 1.41. The van der Waals surface area contributed by atoms with Gasteiger partial charge in [0.2, 0.25) is 0 Å². The highest BCUT2D eigenvalue weighted by Crippen LogP contribution is 2.36. The third-order valence-electron chi connectivity index (χ3n) is 5.60. The van der Waals surface area contributed by atoms with Crippen LogP contribution in [-0.4, -0.2) is 52.7 Å². The lowest BCUT2D eigenvalue weighted by Gasteiger charge is -2.37. The van der Waals surface area contributed by atoms with E-state index >= 15 is 0 Å². The molecule has 2 aromatic rings. The van der Waals surface area contributed by atoms with Crippen LogP contribution in [0.3, 0.4) is 0 Å². The number of benzene rings is 1. The number of carbonyl (C=O) groups is 2. The number of halogens is 1. The number of nitrogens with zero attached hydrogens (tertiary/aromatic N) is 3. The highest BCUT2D eigenvalue weighted by atomic mass is 35.5. The molecule has 1 fully saturated rings. The Kier molecular flexibility index (Phi) is 5.02. The van der Waals surface area contributed by atoms with Crippen molar-refractivity contribution in [2.45, 2.75) is 25.4 Å². The number of aromatic nitrogens is 2. The molecule has 3 heterocycles. The molecule has 0 bridgehead atoms. The molecule has 7 nitrogen and oxygen atoms in total. The van der Waals surface area contributed by atoms with Crippen LogP contribution >= 0.6 is 11.6 Å². The smallest absolute Gasteiger partial charge is 0.273 e. The van der Waals surface area contributed by atoms with Crippen molar-refractivity contribution in [3.8, 4) is 11.5 Å². The molecule has 4 rings (SSSR count). The van der Waals surface area contributed by atoms with Crippen molar-refractivity contribution in [3.05, 3.63) is 40.7 Å². The summed E-state index contributed by atoms with van der Waals surface area (Å²) in [6, 6.07) is 5.32. The molecule has 28 heavy (non-hydrogen) atoms. The van der Waals surface area contributed by atoms with E-state index in [1.54, 1.807) is 37.3 Å². The average molecular weight is 404 g/mol. The van der Waals surface area contributed by atoms with Crippen LogP contribution in [0.4, 0.5) is 0 Å². The number of carbonyl (C=O) groups excluding carboxylic acids is 2. The Hall–Kier alpha value is -2.54. The summed E-state index contributed by atoms with van der Waals surface area (Å²) in [5.41, 5.74) is 0.987. The summed E-state index contributed by atoms with van der Waals surface area (Å²) >= 11 is 6.10. The summed E-state index contributed by atoms with van der Waals surface area (Å²) in [5, 5.41) is 4.40. The summed E-state index contributed by atoms with van der Waals surface area (Å²) in [4.78, 5) is 27.1. The van der Waals surface area contributed by atoms with Crippen LogP contribution in [0.5, 0.6) is 11.5 Å². The molecule has 2 aliphatic rings. The minimum atomic E-state index is -0.161. The van der Waals surface area contributed by atoms with Gasteiger partial charge in [0.05, 0.1) is 23.9 Å². The van der Waals surface area contributed by atoms with Crippen LogP contribution in [0.2, 0.25) is 5.02 Å². The Morgan fingerprint density at radius 2 is 2.07 bits per heavy atom. The Labute approximate surface area is 168 Å². The first kappa shape index (κ1) is 18.8. The van der Waals surface area contributed by atoms with E-state index in [2.05, 4.69) is 5.10 Å². The number of methoxy groups -OCH3 is 1. The van der Waals surface area contributed by atoms with Gasteiger partial charge in [-0.1, -0.05) is 11.6 Å². The topological polar surface area (TPSA) is 73.7 Å². The van der Waals surface area contributed by atoms with Crippen LogP contribution in [-0.2, 0) is 7.05 Å². The molecule has 8 heteroatoms. The standard InChI is InChI=1S/C20H22ClN3O4/c1-23-19(15(21)11-22-23)20(26)24-7-5-12(6-8-24)18-10-16(25)14-9-13(27-2)3-4-17(14)28-18/h3-4,9,11-12,18H,5-8,10H2,1-2H3. The first-order valence-corrected chi connectivity index (χ1v) is 9.70. The van der Waals surface area contributed by atoms with Gasteiger partial charge < -0.3 is 14.4 Å². The minimum Gasteiger partial charge on any atom is -0.497 e. The fourth-order valence-electron chi connectivity index (χ4n) is 3.99. The zero-order valence-electron chi connectivity index (χ0n) is 15.9. The van der Waals surface area contributed by atoms with Gasteiger partial charge in [0, 0.05) is 26.6 Å². The monoisotopic (exact) mass is 403 g/mol. The lowest BCUT2D eigenvalue weighted by molar-refractivity contribution is 0.0446. The second-order valence-electron chi connectivity index (χ2n) is 7.24. The van der Waals surface area contributed by atoms with Crippen LogP contribution in [0, 0.1) is 5.92 Å². The number of fused-ring (bicyclic) bond motifs is 1. The third kappa shape index (κ3) is 3.35. The van der Waals surface area contributed by atoms with Gasteiger partial charge in [-0.15, -0.1) is 0 Å². The molecule has 1 aromatic heterocycles. The third-order valence-corrected chi connectivity index (χ3v) is 5.88. The largest absolute Gasteiger partial charge is 0.497 e. The van der Waals surface area contributed by atoms with E-state index in [1.807, 2.05) is 0 Å². The zero-order valence-corrected chi connectivity index (χ0v) is 16.6. The molecule has 0 aliphatic carbocycles. The second kappa shape index (κ2) is 7.47. The minimum absolute atomic E-state index is 0.0744. The summed E-state index contributed by atoms with van der Waals surface area (Å²) in [5.74, 6) is 1.45. The summed E-state index contributed by atoms with van der Waals surface area (Å²) in [6.07, 6.45) is 3.24. The number of piperidine rings is 1. The van der Waals surface area contributed by atoms with Crippen molar-refractivity contribution in [3.63, 3.8) is 0 Å². The molecule has 0 radical (unpaired) electrons. The highest BCUT2D eigenvalue weighted by Gasteiger charge is 2.36. The lowest BCUT2D eigenvalue weighted by Crippen LogP contribution is -2.44. The Morgan fingerprint density at radius 3 is 2.71 bits per heavy atom. The number of aryl methyl sites for hydroxylation is 1. The van der Waals surface area contributed by atoms with E-state index in [9.17, 15) is 9.59 Å². The predicted molar refractivity (Wildman–Crippen MR) is 103 cm³/mol. The van der Waals surface area contributed by atoms with Gasteiger partial charge >= 0.3 is 0 Å². The first-order valence-electron chi connectivity index (χ1n) is 9.32. The van der Waals surface area contributed by atoms with Crippen molar-refractivity contribution >= 4 is 23.3 Å². The van der Waals surface area contributed by atoms with Gasteiger partial charge in [0.25, 0.3) is 5.91 Å². The SMILES string of the molecule is COc1ccc2c(c1)C(=O)CC(C1CCN(C(=O)c3c(Cl)cnn3C)CC1)O2. The average Bonchev–Trinajstić information content (AvgIpc) is 3.05. The van der Waals surface area contributed by atoms with Crippen LogP contribution in [0.15, 0.2) is 24.4 Å². The second-order valence-corrected chi connectivity index (χ2v) is 7.65. The van der Waals surface area contributed by atoms with Gasteiger partial charge in [-0.3, -0.25) is 14.3 Å². The van der Waals surface area contributed by atoms with Crippen molar-refractivity contribution in [2.24, 2.45) is 13.0 Å². The maximum absolute atomic E-state index is 12.7. The number of amides is 1. The first-order chi connectivity index (χ1) is 13.5. The maximum Gasteiger partial charge on any atom is 0.273 e. The van der Waals surface area contributed by atoms with Gasteiger partial charge in [-0.25, -0.2) is 0 Å². The summed E-state index contributed by atoms with van der Waals surface area (Å²) in [6.45, 7) is 1.21. The summed E-state index contributed by atoms with van der Waals surface area (Å²) in [7, 11) is 3.28. The van der Waals surface area contributed by atoms with E-state index in [4.69, 9.17) is 21.1 Å². The van der Waals surface area contributed by atoms with E-state index in [-0.39, 0.29) is 23.7 Å². The molecule has 1 saturated heterocycles. The van der Waals surface area contributed by atoms with Crippen LogP contribution in [0.1, 0.15) is 40.1 Å². The van der Waals surface area contributed by atoms with E-state index in [0.29, 0.717) is 47.3 Å². The van der Waals surface area contributed by atoms with Gasteiger partial charge in [-0.2, -0.15) is 5.10 Å². The molecule has 0 spiro atoms. The number of likely N-dealkylation sites (tertiary alicyclic amines) is 1. The molecular formula is C20H22ClN3O4. The predicted octanol–water partition coefficient (Wildman–Crippen LogP) is 2.97. The van der Waals surface area contributed by atoms with E-state index in [0.717, 1.165) is 12.8 Å². The van der Waals surface area contributed by atoms with E-state index in [1.165, 1.54) is 10.9 Å². The molecule has 1 aromatic carbocycles. The number of rotatable bonds is 3. The quantitative estimate of drug-likeness (QED) is 0.787. The normalized spacial score (nSPS) is 19.9. The van der Waals surface area contributed by atoms with Crippen molar-refractivity contribution in [2.75, 3.05) is 20.2 Å². The molecule has 148 valence electrons. The van der Waals surface area contributed by atoms with Crippen LogP contribution in [0.25, 0.3) is 0 Å². The van der Waals surface area contributed by atoms with Crippen LogP contribution < -0.4 is 9.47 Å². The van der Waals surface area contributed by atoms with Gasteiger partial charge in [0.15, 0.2) is 5.78 Å². The van der Waals surface area contributed by atoms with Gasteiger partial charge in [-0.05, 0) is 37.0 Å². The molecule has 2 aliphatic heterocycles. The molecule has 1 amide bonds. The molecule has 0 N–H and O–H groups in total. The number of hydrogen-bond donors (Lipinski definition) is 0. The molecule has 1 unspecified atom stereocenters. The fraction of sp³-hybridized carbons (Fsp3) is 0.450. The number of hydrogen-bond acceptors (Lipinski definition) is 5. The number of ether oxygens (including phenoxy) is 2. The highest BCUT2D eigenvalue weighted by molar-refractivity contribution is 6.33. The summed E-state index contributed by atoms with van der Waals surface area (Å²) < 4.78 is 12.8. The zero-order chi connectivity index (χ0) is 19.8. The molecular weight excluding hydrogens is 382 g/mol. The fourth-order valence-corrected chi connectivity index (χ4v) is 4.24. The number of ketones is 1. The number of Topliss-reactive ketones (excluding diaryl/α,β-unsaturated/α-hetero) is 1. The van der Waals surface area contributed by atoms with Crippen molar-refractivity contribution in [1.29, 1.82) is 0 Å². The maximum atomic E-state index is 12.7. The van der Waals surface area contributed by atoms with E-state index < -0.39 is 0 Å². The Morgan fingerprint density at radius 1 is 1.32 bits per heavy atom. The molecule has 0 saturated carbocycles. The van der Waals surface area contributed by atoms with Gasteiger partial charge in [0.1, 0.15) is 23.3 Å². The Bertz CT molecular complexity index is 899. The lowest BCUT2D eigenvalue weighted by atomic mass is 9.86.